The Morgan fingerprint density at radius 2 is 1.94 bits per heavy atom. The van der Waals surface area contributed by atoms with E-state index in [1.165, 1.54) is 37.1 Å². The van der Waals surface area contributed by atoms with E-state index in [2.05, 4.69) is 22.3 Å². The highest BCUT2D eigenvalue weighted by Crippen LogP contribution is 2.29. The number of anilines is 1. The van der Waals surface area contributed by atoms with Crippen LogP contribution < -0.4 is 5.32 Å². The predicted molar refractivity (Wildman–Crippen MR) is 72.7 cm³/mol. The Bertz CT molecular complexity index is 466. The number of amides is 1. The van der Waals surface area contributed by atoms with Crippen molar-refractivity contribution in [1.29, 1.82) is 0 Å². The van der Waals surface area contributed by atoms with E-state index in [9.17, 15) is 4.79 Å². The molecule has 1 saturated carbocycles. The van der Waals surface area contributed by atoms with E-state index in [0.29, 0.717) is 0 Å². The van der Waals surface area contributed by atoms with Gasteiger partial charge in [0, 0.05) is 31.7 Å². The zero-order valence-electron chi connectivity index (χ0n) is 10.9. The number of benzene rings is 1. The Labute approximate surface area is 108 Å². The minimum atomic E-state index is 0.00294. The number of carbonyl (C=O) groups is 1. The fraction of sp³-hybridized carbons (Fsp3) is 0.533. The van der Waals surface area contributed by atoms with Crippen LogP contribution in [0.1, 0.15) is 30.9 Å². The number of nitrogens with zero attached hydrogens (tertiary/aromatic N) is 1. The lowest BCUT2D eigenvalue weighted by molar-refractivity contribution is -0.114. The van der Waals surface area contributed by atoms with E-state index in [-0.39, 0.29) is 5.91 Å². The van der Waals surface area contributed by atoms with Crippen molar-refractivity contribution in [3.8, 4) is 0 Å². The minimum Gasteiger partial charge on any atom is -0.326 e. The summed E-state index contributed by atoms with van der Waals surface area (Å²) in [4.78, 5) is 13.7. The van der Waals surface area contributed by atoms with Gasteiger partial charge in [-0.3, -0.25) is 9.69 Å². The maximum absolute atomic E-state index is 11.1. The SMILES string of the molecule is CC(=O)Nc1ccc2c(c1)CCN(C1CC1)CC2. The number of nitrogens with one attached hydrogen (secondary N) is 1. The van der Waals surface area contributed by atoms with Crippen molar-refractivity contribution in [2.24, 2.45) is 0 Å². The Kier molecular flexibility index (Phi) is 3.08. The molecule has 1 aliphatic heterocycles. The molecule has 1 heterocycles. The van der Waals surface area contributed by atoms with Gasteiger partial charge in [0.25, 0.3) is 0 Å². The monoisotopic (exact) mass is 244 g/mol. The summed E-state index contributed by atoms with van der Waals surface area (Å²) in [7, 11) is 0. The van der Waals surface area contributed by atoms with E-state index in [4.69, 9.17) is 0 Å². The first-order chi connectivity index (χ1) is 8.72. The molecule has 0 atom stereocenters. The van der Waals surface area contributed by atoms with E-state index < -0.39 is 0 Å². The van der Waals surface area contributed by atoms with Gasteiger partial charge in [0.1, 0.15) is 0 Å². The van der Waals surface area contributed by atoms with Gasteiger partial charge < -0.3 is 5.32 Å². The third kappa shape index (κ3) is 2.56. The first-order valence-corrected chi connectivity index (χ1v) is 6.86. The second kappa shape index (κ2) is 4.73. The Morgan fingerprint density at radius 1 is 1.22 bits per heavy atom. The van der Waals surface area contributed by atoms with E-state index in [0.717, 1.165) is 24.6 Å². The predicted octanol–water partition coefficient (Wildman–Crippen LogP) is 2.21. The van der Waals surface area contributed by atoms with Crippen molar-refractivity contribution >= 4 is 11.6 Å². The molecule has 0 aromatic heterocycles. The lowest BCUT2D eigenvalue weighted by Gasteiger charge is -2.18. The van der Waals surface area contributed by atoms with Gasteiger partial charge >= 0.3 is 0 Å². The molecule has 1 aliphatic carbocycles. The molecule has 1 amide bonds. The van der Waals surface area contributed by atoms with Crippen LogP contribution in [0, 0.1) is 0 Å². The maximum Gasteiger partial charge on any atom is 0.221 e. The van der Waals surface area contributed by atoms with Gasteiger partial charge in [-0.1, -0.05) is 6.07 Å². The summed E-state index contributed by atoms with van der Waals surface area (Å²) in [6, 6.07) is 7.20. The second-order valence-electron chi connectivity index (χ2n) is 5.43. The molecular weight excluding hydrogens is 224 g/mol. The van der Waals surface area contributed by atoms with Gasteiger partial charge in [0.05, 0.1) is 0 Å². The van der Waals surface area contributed by atoms with Crippen LogP contribution in [-0.4, -0.2) is 29.9 Å². The first kappa shape index (κ1) is 11.7. The average Bonchev–Trinajstić information content (AvgIpc) is 3.13. The Balaban J connectivity index is 1.76. The van der Waals surface area contributed by atoms with Gasteiger partial charge in [-0.2, -0.15) is 0 Å². The van der Waals surface area contributed by atoms with Crippen molar-refractivity contribution in [3.63, 3.8) is 0 Å². The van der Waals surface area contributed by atoms with Crippen molar-refractivity contribution in [1.82, 2.24) is 4.90 Å². The third-order valence-corrected chi connectivity index (χ3v) is 3.93. The topological polar surface area (TPSA) is 32.3 Å². The molecule has 1 fully saturated rings. The Hall–Kier alpha value is -1.35. The Morgan fingerprint density at radius 3 is 2.61 bits per heavy atom. The fourth-order valence-corrected chi connectivity index (χ4v) is 2.83. The minimum absolute atomic E-state index is 0.00294. The summed E-state index contributed by atoms with van der Waals surface area (Å²) in [5.41, 5.74) is 3.79. The van der Waals surface area contributed by atoms with Crippen molar-refractivity contribution in [2.75, 3.05) is 18.4 Å². The van der Waals surface area contributed by atoms with Crippen LogP contribution in [0.5, 0.6) is 0 Å². The molecule has 3 nitrogen and oxygen atoms in total. The van der Waals surface area contributed by atoms with E-state index >= 15 is 0 Å². The van der Waals surface area contributed by atoms with Crippen LogP contribution in [0.3, 0.4) is 0 Å². The molecule has 18 heavy (non-hydrogen) atoms. The number of fused-ring (bicyclic) bond motifs is 1. The summed E-state index contributed by atoms with van der Waals surface area (Å²) in [6.45, 7) is 3.92. The summed E-state index contributed by atoms with van der Waals surface area (Å²) in [6.07, 6.45) is 5.02. The van der Waals surface area contributed by atoms with E-state index in [1.807, 2.05) is 6.07 Å². The summed E-state index contributed by atoms with van der Waals surface area (Å²) in [5, 5.41) is 2.87. The lowest BCUT2D eigenvalue weighted by atomic mass is 10.0. The standard InChI is InChI=1S/C15H20N2O/c1-11(18)16-14-3-2-12-6-8-17(15-4-5-15)9-7-13(12)10-14/h2-3,10,15H,4-9H2,1H3,(H,16,18). The molecule has 2 aliphatic rings. The van der Waals surface area contributed by atoms with Crippen molar-refractivity contribution < 1.29 is 4.79 Å². The van der Waals surface area contributed by atoms with Crippen LogP contribution in [0.4, 0.5) is 5.69 Å². The molecule has 0 saturated heterocycles. The lowest BCUT2D eigenvalue weighted by Crippen LogP contribution is -2.28. The van der Waals surface area contributed by atoms with Crippen LogP contribution >= 0.6 is 0 Å². The van der Waals surface area contributed by atoms with Gasteiger partial charge in [-0.25, -0.2) is 0 Å². The highest BCUT2D eigenvalue weighted by atomic mass is 16.1. The van der Waals surface area contributed by atoms with Crippen molar-refractivity contribution in [3.05, 3.63) is 29.3 Å². The van der Waals surface area contributed by atoms with E-state index in [1.54, 1.807) is 6.92 Å². The molecule has 0 unspecified atom stereocenters. The molecular formula is C15H20N2O. The van der Waals surface area contributed by atoms with Gasteiger partial charge in [-0.05, 0) is 48.9 Å². The molecule has 3 heteroatoms. The van der Waals surface area contributed by atoms with Gasteiger partial charge in [-0.15, -0.1) is 0 Å². The van der Waals surface area contributed by atoms with Crippen LogP contribution in [0.2, 0.25) is 0 Å². The summed E-state index contributed by atoms with van der Waals surface area (Å²) >= 11 is 0. The molecule has 3 rings (SSSR count). The average molecular weight is 244 g/mol. The van der Waals surface area contributed by atoms with Gasteiger partial charge in [0.2, 0.25) is 5.91 Å². The highest BCUT2D eigenvalue weighted by molar-refractivity contribution is 5.88. The third-order valence-electron chi connectivity index (χ3n) is 3.93. The fourth-order valence-electron chi connectivity index (χ4n) is 2.83. The quantitative estimate of drug-likeness (QED) is 0.865. The highest BCUT2D eigenvalue weighted by Gasteiger charge is 2.29. The smallest absolute Gasteiger partial charge is 0.221 e. The van der Waals surface area contributed by atoms with Crippen LogP contribution in [-0.2, 0) is 17.6 Å². The number of hydrogen-bond donors (Lipinski definition) is 1. The molecule has 0 spiro atoms. The number of rotatable bonds is 2. The first-order valence-electron chi connectivity index (χ1n) is 6.86. The maximum atomic E-state index is 11.1. The normalized spacial score (nSPS) is 20.1. The van der Waals surface area contributed by atoms with Crippen LogP contribution in [0.25, 0.3) is 0 Å². The second-order valence-corrected chi connectivity index (χ2v) is 5.43. The van der Waals surface area contributed by atoms with Gasteiger partial charge in [0.15, 0.2) is 0 Å². The zero-order valence-corrected chi connectivity index (χ0v) is 10.9. The van der Waals surface area contributed by atoms with Crippen molar-refractivity contribution in [2.45, 2.75) is 38.6 Å². The molecule has 0 radical (unpaired) electrons. The number of carbonyl (C=O) groups excluding carboxylic acids is 1. The molecule has 0 bridgehead atoms. The molecule has 1 aromatic rings. The zero-order chi connectivity index (χ0) is 12.5. The summed E-state index contributed by atoms with van der Waals surface area (Å²) < 4.78 is 0. The summed E-state index contributed by atoms with van der Waals surface area (Å²) in [5.74, 6) is 0.00294. The largest absolute Gasteiger partial charge is 0.326 e. The molecule has 1 aromatic carbocycles. The molecule has 96 valence electrons. The van der Waals surface area contributed by atoms with Crippen LogP contribution in [0.15, 0.2) is 18.2 Å². The molecule has 1 N–H and O–H groups in total. The number of hydrogen-bond acceptors (Lipinski definition) is 2.